The summed E-state index contributed by atoms with van der Waals surface area (Å²) in [7, 11) is 0. The maximum Gasteiger partial charge on any atom is 0.163 e. The smallest absolute Gasteiger partial charge is 0.163 e. The Hall–Kier alpha value is -0.980. The number of hydrogen-bond acceptors (Lipinski definition) is 5. The first kappa shape index (κ1) is 14.4. The van der Waals surface area contributed by atoms with E-state index in [4.69, 9.17) is 14.6 Å². The minimum atomic E-state index is -1.09. The van der Waals surface area contributed by atoms with Crippen molar-refractivity contribution in [3.63, 3.8) is 0 Å². The zero-order valence-corrected chi connectivity index (χ0v) is 10.8. The van der Waals surface area contributed by atoms with Gasteiger partial charge in [0.25, 0.3) is 0 Å². The summed E-state index contributed by atoms with van der Waals surface area (Å²) in [5, 5.41) is 28.7. The van der Waals surface area contributed by atoms with Gasteiger partial charge >= 0.3 is 0 Å². The molecule has 0 radical (unpaired) electrons. The van der Waals surface area contributed by atoms with Crippen molar-refractivity contribution in [1.29, 1.82) is 0 Å². The molecule has 0 aliphatic carbocycles. The molecule has 0 amide bonds. The van der Waals surface area contributed by atoms with Gasteiger partial charge < -0.3 is 24.8 Å². The lowest BCUT2D eigenvalue weighted by Crippen LogP contribution is -2.55. The van der Waals surface area contributed by atoms with E-state index in [2.05, 4.69) is 0 Å². The molecule has 1 fully saturated rings. The highest BCUT2D eigenvalue weighted by atomic mass is 16.7. The Bertz CT molecular complexity index is 381. The van der Waals surface area contributed by atoms with Crippen molar-refractivity contribution >= 4 is 0 Å². The fourth-order valence-corrected chi connectivity index (χ4v) is 2.16. The van der Waals surface area contributed by atoms with Crippen LogP contribution in [0.5, 0.6) is 0 Å². The molecule has 1 heterocycles. The van der Waals surface area contributed by atoms with Crippen LogP contribution in [0.2, 0.25) is 0 Å². The van der Waals surface area contributed by atoms with Crippen LogP contribution in [-0.2, 0) is 16.1 Å². The van der Waals surface area contributed by atoms with Crippen molar-refractivity contribution in [2.45, 2.75) is 38.1 Å². The van der Waals surface area contributed by atoms with E-state index in [1.807, 2.05) is 30.3 Å². The van der Waals surface area contributed by atoms with Gasteiger partial charge in [-0.15, -0.1) is 0 Å². The van der Waals surface area contributed by atoms with Gasteiger partial charge in [0.2, 0.25) is 0 Å². The summed E-state index contributed by atoms with van der Waals surface area (Å²) in [5.41, 5.74) is 1.000. The van der Waals surface area contributed by atoms with Crippen molar-refractivity contribution in [2.75, 3.05) is 6.61 Å². The molecule has 19 heavy (non-hydrogen) atoms. The molecule has 1 aliphatic heterocycles. The summed E-state index contributed by atoms with van der Waals surface area (Å²) in [5.74, 6) is -0.360. The van der Waals surface area contributed by atoms with Crippen LogP contribution in [0.1, 0.15) is 12.5 Å². The molecular weight excluding hydrogens is 248 g/mol. The van der Waals surface area contributed by atoms with Gasteiger partial charge in [-0.1, -0.05) is 37.3 Å². The second-order valence-electron chi connectivity index (χ2n) is 4.86. The first-order chi connectivity index (χ1) is 9.13. The normalized spacial score (nSPS) is 35.3. The summed E-state index contributed by atoms with van der Waals surface area (Å²) in [6, 6.07) is 9.62. The van der Waals surface area contributed by atoms with E-state index in [1.54, 1.807) is 6.92 Å². The number of rotatable bonds is 4. The molecule has 0 aromatic heterocycles. The molecule has 3 N–H and O–H groups in total. The molecule has 5 atom stereocenters. The fourth-order valence-electron chi connectivity index (χ4n) is 2.16. The maximum absolute atomic E-state index is 9.89. The number of hydrogen-bond donors (Lipinski definition) is 3. The topological polar surface area (TPSA) is 79.2 Å². The van der Waals surface area contributed by atoms with E-state index in [0.717, 1.165) is 5.56 Å². The van der Waals surface area contributed by atoms with Crippen LogP contribution in [-0.4, -0.2) is 46.5 Å². The second kappa shape index (κ2) is 6.45. The zero-order chi connectivity index (χ0) is 13.8. The summed E-state index contributed by atoms with van der Waals surface area (Å²) < 4.78 is 11.1. The van der Waals surface area contributed by atoms with Gasteiger partial charge in [0, 0.05) is 5.92 Å². The predicted molar refractivity (Wildman–Crippen MR) is 68.2 cm³/mol. The van der Waals surface area contributed by atoms with Crippen LogP contribution < -0.4 is 0 Å². The molecule has 106 valence electrons. The van der Waals surface area contributed by atoms with Gasteiger partial charge in [-0.2, -0.15) is 0 Å². The maximum atomic E-state index is 9.89. The zero-order valence-electron chi connectivity index (χ0n) is 10.8. The van der Waals surface area contributed by atoms with Gasteiger partial charge in [-0.3, -0.25) is 0 Å². The van der Waals surface area contributed by atoms with Gasteiger partial charge in [0.15, 0.2) is 6.29 Å². The van der Waals surface area contributed by atoms with E-state index in [0.29, 0.717) is 6.61 Å². The van der Waals surface area contributed by atoms with E-state index in [9.17, 15) is 10.2 Å². The third-order valence-corrected chi connectivity index (χ3v) is 3.44. The predicted octanol–water partition coefficient (Wildman–Crippen LogP) is 0.278. The Labute approximate surface area is 112 Å². The van der Waals surface area contributed by atoms with Gasteiger partial charge in [-0.25, -0.2) is 0 Å². The fraction of sp³-hybridized carbons (Fsp3) is 0.571. The third-order valence-electron chi connectivity index (χ3n) is 3.44. The molecule has 5 nitrogen and oxygen atoms in total. The number of ether oxygens (including phenoxy) is 2. The van der Waals surface area contributed by atoms with Crippen LogP contribution in [0.15, 0.2) is 30.3 Å². The lowest BCUT2D eigenvalue weighted by atomic mass is 9.92. The van der Waals surface area contributed by atoms with Gasteiger partial charge in [0.1, 0.15) is 12.2 Å². The largest absolute Gasteiger partial charge is 0.394 e. The van der Waals surface area contributed by atoms with Crippen molar-refractivity contribution in [3.8, 4) is 0 Å². The Morgan fingerprint density at radius 3 is 2.47 bits per heavy atom. The summed E-state index contributed by atoms with van der Waals surface area (Å²) in [4.78, 5) is 0. The third kappa shape index (κ3) is 3.32. The molecular formula is C14H20O5. The number of aliphatic hydroxyl groups is 3. The quantitative estimate of drug-likeness (QED) is 0.731. The minimum absolute atomic E-state index is 0.351. The van der Waals surface area contributed by atoms with E-state index >= 15 is 0 Å². The molecule has 1 aromatic rings. The Kier molecular flexibility index (Phi) is 4.90. The van der Waals surface area contributed by atoms with Crippen LogP contribution in [0.3, 0.4) is 0 Å². The van der Waals surface area contributed by atoms with Crippen molar-refractivity contribution in [1.82, 2.24) is 0 Å². The van der Waals surface area contributed by atoms with Crippen LogP contribution in [0.4, 0.5) is 0 Å². The van der Waals surface area contributed by atoms with Crippen molar-refractivity contribution in [3.05, 3.63) is 35.9 Å². The highest BCUT2D eigenvalue weighted by molar-refractivity contribution is 5.13. The summed E-state index contributed by atoms with van der Waals surface area (Å²) in [6.45, 7) is 1.75. The summed E-state index contributed by atoms with van der Waals surface area (Å²) in [6.07, 6.45) is -3.51. The van der Waals surface area contributed by atoms with E-state index < -0.39 is 24.6 Å². The van der Waals surface area contributed by atoms with Crippen LogP contribution >= 0.6 is 0 Å². The molecule has 3 unspecified atom stereocenters. The number of aliphatic hydroxyl groups excluding tert-OH is 3. The standard InChI is InChI=1S/C14H20O5/c1-9-12(16)13(17)11(7-15)19-14(9)18-8-10-5-3-2-4-6-10/h2-6,9,11-17H,7-8H2,1H3/t9-,11?,12+,13?,14?/m0/s1. The first-order valence-corrected chi connectivity index (χ1v) is 6.41. The van der Waals surface area contributed by atoms with Crippen LogP contribution in [0.25, 0.3) is 0 Å². The van der Waals surface area contributed by atoms with Crippen molar-refractivity contribution < 1.29 is 24.8 Å². The van der Waals surface area contributed by atoms with Crippen LogP contribution in [0, 0.1) is 5.92 Å². The Morgan fingerprint density at radius 2 is 1.84 bits per heavy atom. The first-order valence-electron chi connectivity index (χ1n) is 6.41. The Balaban J connectivity index is 1.95. The van der Waals surface area contributed by atoms with E-state index in [-0.39, 0.29) is 12.5 Å². The van der Waals surface area contributed by atoms with Gasteiger partial charge in [-0.05, 0) is 5.56 Å². The molecule has 2 rings (SSSR count). The van der Waals surface area contributed by atoms with Gasteiger partial charge in [0.05, 0.1) is 19.3 Å². The highest BCUT2D eigenvalue weighted by Crippen LogP contribution is 2.27. The molecule has 1 saturated heterocycles. The second-order valence-corrected chi connectivity index (χ2v) is 4.86. The molecule has 0 bridgehead atoms. The molecule has 1 aliphatic rings. The average Bonchev–Trinajstić information content (AvgIpc) is 2.45. The van der Waals surface area contributed by atoms with Crippen molar-refractivity contribution in [2.24, 2.45) is 5.92 Å². The molecule has 0 spiro atoms. The lowest BCUT2D eigenvalue weighted by Gasteiger charge is -2.40. The monoisotopic (exact) mass is 268 g/mol. The molecule has 0 saturated carbocycles. The Morgan fingerprint density at radius 1 is 1.16 bits per heavy atom. The van der Waals surface area contributed by atoms with E-state index in [1.165, 1.54) is 0 Å². The SMILES string of the molecule is C[C@@H]1C(OCc2ccccc2)OC(CO)C(O)[C@@H]1O. The lowest BCUT2D eigenvalue weighted by molar-refractivity contribution is -0.285. The highest BCUT2D eigenvalue weighted by Gasteiger charge is 2.42. The minimum Gasteiger partial charge on any atom is -0.394 e. The average molecular weight is 268 g/mol. The molecule has 5 heteroatoms. The number of benzene rings is 1. The molecule has 1 aromatic carbocycles. The summed E-state index contributed by atoms with van der Waals surface area (Å²) >= 11 is 0.